The monoisotopic (exact) mass is 217 g/mol. The quantitative estimate of drug-likeness (QED) is 0.496. The van der Waals surface area contributed by atoms with Crippen molar-refractivity contribution >= 4 is 11.9 Å². The zero-order chi connectivity index (χ0) is 10.6. The van der Waals surface area contributed by atoms with Crippen molar-refractivity contribution in [1.29, 1.82) is 0 Å². The molecule has 1 aliphatic carbocycles. The van der Waals surface area contributed by atoms with Crippen LogP contribution in [-0.4, -0.2) is 18.4 Å². The molecule has 1 rings (SSSR count). The van der Waals surface area contributed by atoms with E-state index in [9.17, 15) is 14.7 Å². The molecule has 15 heavy (non-hydrogen) atoms. The number of allylic oxidation sites excluding steroid dienone is 3. The summed E-state index contributed by atoms with van der Waals surface area (Å²) in [6, 6.07) is 0. The molecule has 1 unspecified atom stereocenters. The molecule has 0 fully saturated rings. The van der Waals surface area contributed by atoms with Gasteiger partial charge in [-0.15, -0.1) is 0 Å². The molecule has 0 saturated carbocycles. The second-order valence-electron chi connectivity index (χ2n) is 3.46. The largest absolute Gasteiger partial charge is 1.00 e. The summed E-state index contributed by atoms with van der Waals surface area (Å²) in [6.45, 7) is 1.32. The van der Waals surface area contributed by atoms with Gasteiger partial charge in [-0.1, -0.05) is 24.3 Å². The average Bonchev–Trinajstić information content (AvgIpc) is 2.15. The van der Waals surface area contributed by atoms with E-state index in [4.69, 9.17) is 0 Å². The number of nitrogens with one attached hydrogen (secondary N) is 1. The van der Waals surface area contributed by atoms with E-state index < -0.39 is 17.9 Å². The predicted octanol–water partition coefficient (Wildman–Crippen LogP) is -3.62. The van der Waals surface area contributed by atoms with E-state index in [-0.39, 0.29) is 35.5 Å². The van der Waals surface area contributed by atoms with Gasteiger partial charge in [0.05, 0.1) is 17.9 Å². The molecule has 1 N–H and O–H groups in total. The molecule has 1 amide bonds. The Morgan fingerprint density at radius 2 is 2.13 bits per heavy atom. The van der Waals surface area contributed by atoms with Gasteiger partial charge in [-0.2, -0.15) is 0 Å². The second-order valence-corrected chi connectivity index (χ2v) is 3.46. The Morgan fingerprint density at radius 1 is 1.47 bits per heavy atom. The maximum absolute atomic E-state index is 11.5. The third-order valence-electron chi connectivity index (χ3n) is 2.17. The molecule has 0 bridgehead atoms. The van der Waals surface area contributed by atoms with E-state index in [2.05, 4.69) is 5.32 Å². The molecule has 0 heterocycles. The van der Waals surface area contributed by atoms with Crippen molar-refractivity contribution in [2.75, 3.05) is 6.54 Å². The van der Waals surface area contributed by atoms with E-state index >= 15 is 0 Å². The standard InChI is InChI=1S/C10H13NO3.Na/c1-10(5-3-2-4-6-10)9(14)11-7-8(12)13;/h2-5H,6-7H2,1H3,(H,11,14)(H,12,13);/q;+1/p-1. The summed E-state index contributed by atoms with van der Waals surface area (Å²) in [5.41, 5.74) is -0.635. The first kappa shape index (κ1) is 14.4. The molecule has 1 atom stereocenters. The van der Waals surface area contributed by atoms with Crippen LogP contribution in [-0.2, 0) is 9.59 Å². The summed E-state index contributed by atoms with van der Waals surface area (Å²) in [7, 11) is 0. The zero-order valence-corrected chi connectivity index (χ0v) is 10.9. The van der Waals surface area contributed by atoms with Crippen molar-refractivity contribution in [1.82, 2.24) is 5.32 Å². The Bertz CT molecular complexity index is 312. The van der Waals surface area contributed by atoms with Gasteiger partial charge in [0.1, 0.15) is 0 Å². The Labute approximate surface area is 111 Å². The molecule has 4 nitrogen and oxygen atoms in total. The van der Waals surface area contributed by atoms with Crippen LogP contribution >= 0.6 is 0 Å². The van der Waals surface area contributed by atoms with Crippen LogP contribution in [0.3, 0.4) is 0 Å². The molecule has 0 aromatic carbocycles. The summed E-state index contributed by atoms with van der Waals surface area (Å²) in [5, 5.41) is 12.4. The Morgan fingerprint density at radius 3 is 2.60 bits per heavy atom. The van der Waals surface area contributed by atoms with Crippen LogP contribution in [0.5, 0.6) is 0 Å². The van der Waals surface area contributed by atoms with E-state index in [1.807, 2.05) is 12.2 Å². The summed E-state index contributed by atoms with van der Waals surface area (Å²) >= 11 is 0. The van der Waals surface area contributed by atoms with Crippen LogP contribution in [0.2, 0.25) is 0 Å². The first-order chi connectivity index (χ1) is 6.54. The average molecular weight is 217 g/mol. The summed E-state index contributed by atoms with van der Waals surface area (Å²) < 4.78 is 0. The maximum atomic E-state index is 11.5. The predicted molar refractivity (Wildman–Crippen MR) is 49.0 cm³/mol. The third-order valence-corrected chi connectivity index (χ3v) is 2.17. The van der Waals surface area contributed by atoms with Crippen molar-refractivity contribution < 1.29 is 44.3 Å². The van der Waals surface area contributed by atoms with Gasteiger partial charge in [-0.05, 0) is 13.3 Å². The molecule has 5 heteroatoms. The van der Waals surface area contributed by atoms with Crippen LogP contribution in [0.25, 0.3) is 0 Å². The first-order valence-corrected chi connectivity index (χ1v) is 4.37. The maximum Gasteiger partial charge on any atom is 1.00 e. The number of rotatable bonds is 3. The summed E-state index contributed by atoms with van der Waals surface area (Å²) in [5.74, 6) is -1.57. The smallest absolute Gasteiger partial charge is 0.548 e. The number of amides is 1. The fraction of sp³-hybridized carbons (Fsp3) is 0.400. The Kier molecular flexibility index (Phi) is 5.87. The normalized spacial score (nSPS) is 23.0. The second kappa shape index (κ2) is 6.10. The molecule has 0 radical (unpaired) electrons. The summed E-state index contributed by atoms with van der Waals surface area (Å²) in [4.78, 5) is 21.7. The van der Waals surface area contributed by atoms with Crippen molar-refractivity contribution in [3.05, 3.63) is 24.3 Å². The number of carbonyl (C=O) groups is 2. The van der Waals surface area contributed by atoms with Crippen LogP contribution in [0.15, 0.2) is 24.3 Å². The third kappa shape index (κ3) is 4.20. The summed E-state index contributed by atoms with van der Waals surface area (Å²) in [6.07, 6.45) is 7.86. The molecular formula is C10H12NNaO3. The molecule has 76 valence electrons. The molecule has 0 aromatic rings. The fourth-order valence-electron chi connectivity index (χ4n) is 1.25. The van der Waals surface area contributed by atoms with Gasteiger partial charge in [0.2, 0.25) is 5.91 Å². The van der Waals surface area contributed by atoms with Crippen LogP contribution in [0.4, 0.5) is 0 Å². The van der Waals surface area contributed by atoms with E-state index in [1.165, 1.54) is 0 Å². The van der Waals surface area contributed by atoms with Gasteiger partial charge >= 0.3 is 29.6 Å². The zero-order valence-electron chi connectivity index (χ0n) is 8.95. The molecule has 0 aliphatic heterocycles. The van der Waals surface area contributed by atoms with Crippen LogP contribution in [0.1, 0.15) is 13.3 Å². The minimum atomic E-state index is -1.28. The number of carbonyl (C=O) groups excluding carboxylic acids is 2. The van der Waals surface area contributed by atoms with Crippen molar-refractivity contribution in [2.45, 2.75) is 13.3 Å². The van der Waals surface area contributed by atoms with Gasteiger partial charge in [-0.25, -0.2) is 0 Å². The van der Waals surface area contributed by atoms with Gasteiger partial charge in [-0.3, -0.25) is 4.79 Å². The van der Waals surface area contributed by atoms with Crippen molar-refractivity contribution in [2.24, 2.45) is 5.41 Å². The molecule has 0 spiro atoms. The first-order valence-electron chi connectivity index (χ1n) is 4.37. The number of aliphatic carboxylic acids is 1. The molecule has 1 aliphatic rings. The fourth-order valence-corrected chi connectivity index (χ4v) is 1.25. The number of carboxylic acid groups (broad SMARTS) is 1. The van der Waals surface area contributed by atoms with Gasteiger partial charge < -0.3 is 15.2 Å². The molecular weight excluding hydrogens is 205 g/mol. The van der Waals surface area contributed by atoms with Crippen LogP contribution < -0.4 is 40.0 Å². The Balaban J connectivity index is 0.00000196. The topological polar surface area (TPSA) is 69.2 Å². The number of carboxylic acids is 1. The van der Waals surface area contributed by atoms with E-state index in [1.54, 1.807) is 19.1 Å². The minimum absolute atomic E-state index is 0. The molecule has 0 saturated heterocycles. The minimum Gasteiger partial charge on any atom is -0.548 e. The SMILES string of the molecule is CC1(C(=O)NCC(=O)[O-])C=CC=CC1.[Na+]. The van der Waals surface area contributed by atoms with Crippen LogP contribution in [0, 0.1) is 5.41 Å². The number of hydrogen-bond acceptors (Lipinski definition) is 3. The number of hydrogen-bond donors (Lipinski definition) is 1. The van der Waals surface area contributed by atoms with Gasteiger partial charge in [0.15, 0.2) is 0 Å². The van der Waals surface area contributed by atoms with Crippen molar-refractivity contribution in [3.63, 3.8) is 0 Å². The van der Waals surface area contributed by atoms with E-state index in [0.717, 1.165) is 0 Å². The van der Waals surface area contributed by atoms with Gasteiger partial charge in [0.25, 0.3) is 0 Å². The Hall–Kier alpha value is -0.580. The van der Waals surface area contributed by atoms with E-state index in [0.29, 0.717) is 6.42 Å². The van der Waals surface area contributed by atoms with Crippen molar-refractivity contribution in [3.8, 4) is 0 Å². The van der Waals surface area contributed by atoms with Gasteiger partial charge in [0, 0.05) is 0 Å². The molecule has 0 aromatic heterocycles.